The van der Waals surface area contributed by atoms with Crippen LogP contribution in [-0.2, 0) is 4.79 Å². The van der Waals surface area contributed by atoms with Crippen molar-refractivity contribution in [2.75, 3.05) is 22.8 Å². The molecule has 0 fully saturated rings. The fourth-order valence-corrected chi connectivity index (χ4v) is 4.35. The number of aromatic nitrogens is 2. The van der Waals surface area contributed by atoms with Crippen molar-refractivity contribution in [3.05, 3.63) is 72.8 Å². The number of hydrogen-bond acceptors (Lipinski definition) is 8. The Morgan fingerprint density at radius 3 is 2.49 bits per heavy atom. The van der Waals surface area contributed by atoms with E-state index in [0.717, 1.165) is 22.6 Å². The summed E-state index contributed by atoms with van der Waals surface area (Å²) in [5, 5.41) is 11.9. The SMILES string of the molecule is CC(C)N(C(=O)CSc1nnc(-c2ccc3c(c2)OCO3)o1)c1ccc(Nc2ccccc2)cc1. The van der Waals surface area contributed by atoms with Gasteiger partial charge in [-0.25, -0.2) is 0 Å². The van der Waals surface area contributed by atoms with Crippen LogP contribution in [0.2, 0.25) is 0 Å². The molecule has 0 aliphatic carbocycles. The van der Waals surface area contributed by atoms with Gasteiger partial charge >= 0.3 is 0 Å². The molecule has 1 aromatic heterocycles. The second-order valence-corrected chi connectivity index (χ2v) is 9.05. The zero-order valence-corrected chi connectivity index (χ0v) is 20.1. The number of carbonyl (C=O) groups excluding carboxylic acids is 1. The standard InChI is InChI=1S/C26H24N4O4S/c1-17(2)30(21-11-9-20(10-12-21)27-19-6-4-3-5-7-19)24(31)15-35-26-29-28-25(34-26)18-8-13-22-23(14-18)33-16-32-22/h3-14,17,27H,15-16H2,1-2H3. The van der Waals surface area contributed by atoms with Gasteiger partial charge < -0.3 is 24.1 Å². The number of thioether (sulfide) groups is 1. The zero-order chi connectivity index (χ0) is 24.2. The number of rotatable bonds is 8. The van der Waals surface area contributed by atoms with Crippen LogP contribution in [0.15, 0.2) is 82.4 Å². The molecule has 4 aromatic rings. The minimum Gasteiger partial charge on any atom is -0.454 e. The van der Waals surface area contributed by atoms with Gasteiger partial charge in [-0.3, -0.25) is 4.79 Å². The van der Waals surface area contributed by atoms with Crippen molar-refractivity contribution in [3.63, 3.8) is 0 Å². The highest BCUT2D eigenvalue weighted by Crippen LogP contribution is 2.36. The van der Waals surface area contributed by atoms with Crippen LogP contribution < -0.4 is 19.7 Å². The predicted octanol–water partition coefficient (Wildman–Crippen LogP) is 5.74. The molecule has 8 nitrogen and oxygen atoms in total. The Labute approximate surface area is 207 Å². The van der Waals surface area contributed by atoms with E-state index in [4.69, 9.17) is 13.9 Å². The summed E-state index contributed by atoms with van der Waals surface area (Å²) < 4.78 is 16.5. The molecular weight excluding hydrogens is 464 g/mol. The molecular formula is C26H24N4O4S. The van der Waals surface area contributed by atoms with Crippen molar-refractivity contribution in [2.24, 2.45) is 0 Å². The first-order valence-corrected chi connectivity index (χ1v) is 12.2. The van der Waals surface area contributed by atoms with E-state index in [0.29, 0.717) is 22.6 Å². The van der Waals surface area contributed by atoms with Gasteiger partial charge in [-0.15, -0.1) is 10.2 Å². The number of nitrogens with one attached hydrogen (secondary N) is 1. The van der Waals surface area contributed by atoms with Crippen LogP contribution in [0, 0.1) is 0 Å². The van der Waals surface area contributed by atoms with E-state index >= 15 is 0 Å². The van der Waals surface area contributed by atoms with Gasteiger partial charge in [-0.2, -0.15) is 0 Å². The molecule has 1 N–H and O–H groups in total. The molecule has 0 saturated heterocycles. The van der Waals surface area contributed by atoms with Crippen LogP contribution in [0.25, 0.3) is 11.5 Å². The van der Waals surface area contributed by atoms with Crippen molar-refractivity contribution in [1.82, 2.24) is 10.2 Å². The Morgan fingerprint density at radius 1 is 0.971 bits per heavy atom. The lowest BCUT2D eigenvalue weighted by Gasteiger charge is -2.27. The number of para-hydroxylation sites is 1. The maximum Gasteiger partial charge on any atom is 0.277 e. The van der Waals surface area contributed by atoms with Crippen molar-refractivity contribution < 1.29 is 18.7 Å². The molecule has 3 aromatic carbocycles. The first-order chi connectivity index (χ1) is 17.1. The summed E-state index contributed by atoms with van der Waals surface area (Å²) in [5.74, 6) is 1.82. The Balaban J connectivity index is 1.23. The van der Waals surface area contributed by atoms with Crippen molar-refractivity contribution in [2.45, 2.75) is 25.1 Å². The second kappa shape index (κ2) is 10.1. The van der Waals surface area contributed by atoms with Gasteiger partial charge in [0.25, 0.3) is 5.22 Å². The number of amides is 1. The van der Waals surface area contributed by atoms with Crippen LogP contribution in [0.5, 0.6) is 11.5 Å². The number of fused-ring (bicyclic) bond motifs is 1. The topological polar surface area (TPSA) is 89.7 Å². The van der Waals surface area contributed by atoms with E-state index in [2.05, 4.69) is 15.5 Å². The van der Waals surface area contributed by atoms with Crippen molar-refractivity contribution in [3.8, 4) is 23.0 Å². The van der Waals surface area contributed by atoms with E-state index < -0.39 is 0 Å². The van der Waals surface area contributed by atoms with Gasteiger partial charge in [0.15, 0.2) is 11.5 Å². The van der Waals surface area contributed by atoms with E-state index in [1.807, 2.05) is 74.5 Å². The van der Waals surface area contributed by atoms with E-state index in [1.165, 1.54) is 11.8 Å². The summed E-state index contributed by atoms with van der Waals surface area (Å²) in [6, 6.07) is 23.2. The molecule has 1 aliphatic heterocycles. The summed E-state index contributed by atoms with van der Waals surface area (Å²) in [6.45, 7) is 4.18. The highest BCUT2D eigenvalue weighted by molar-refractivity contribution is 7.99. The number of benzene rings is 3. The first kappa shape index (κ1) is 22.8. The van der Waals surface area contributed by atoms with Gasteiger partial charge in [0.05, 0.1) is 5.75 Å². The van der Waals surface area contributed by atoms with Gasteiger partial charge in [0.2, 0.25) is 18.6 Å². The Morgan fingerprint density at radius 2 is 1.71 bits per heavy atom. The van der Waals surface area contributed by atoms with Crippen LogP contribution in [-0.4, -0.2) is 34.7 Å². The number of carbonyl (C=O) groups is 1. The Hall–Kier alpha value is -3.98. The highest BCUT2D eigenvalue weighted by Gasteiger charge is 2.21. The molecule has 0 spiro atoms. The lowest BCUT2D eigenvalue weighted by molar-refractivity contribution is -0.116. The molecule has 5 rings (SSSR count). The monoisotopic (exact) mass is 488 g/mol. The average molecular weight is 489 g/mol. The van der Waals surface area contributed by atoms with Crippen molar-refractivity contribution >= 4 is 34.7 Å². The second-order valence-electron chi connectivity index (χ2n) is 8.13. The minimum atomic E-state index is -0.0448. The quantitative estimate of drug-likeness (QED) is 0.314. The zero-order valence-electron chi connectivity index (χ0n) is 19.3. The molecule has 0 unspecified atom stereocenters. The lowest BCUT2D eigenvalue weighted by Crippen LogP contribution is -2.38. The summed E-state index contributed by atoms with van der Waals surface area (Å²) in [6.07, 6.45) is 0. The summed E-state index contributed by atoms with van der Waals surface area (Å²) in [4.78, 5) is 14.9. The Bertz CT molecular complexity index is 1310. The van der Waals surface area contributed by atoms with Crippen LogP contribution in [0.1, 0.15) is 13.8 Å². The van der Waals surface area contributed by atoms with Crippen LogP contribution >= 0.6 is 11.8 Å². The molecule has 178 valence electrons. The predicted molar refractivity (Wildman–Crippen MR) is 135 cm³/mol. The number of hydrogen-bond donors (Lipinski definition) is 1. The fraction of sp³-hybridized carbons (Fsp3) is 0.192. The maximum atomic E-state index is 13.1. The average Bonchev–Trinajstić information content (AvgIpc) is 3.53. The van der Waals surface area contributed by atoms with Crippen LogP contribution in [0.3, 0.4) is 0 Å². The molecule has 9 heteroatoms. The minimum absolute atomic E-state index is 0.0112. The lowest BCUT2D eigenvalue weighted by atomic mass is 10.2. The Kier molecular flexibility index (Phi) is 6.58. The third-order valence-corrected chi connectivity index (χ3v) is 6.14. The third-order valence-electron chi connectivity index (χ3n) is 5.34. The smallest absolute Gasteiger partial charge is 0.277 e. The van der Waals surface area contributed by atoms with Gasteiger partial charge in [-0.1, -0.05) is 30.0 Å². The summed E-state index contributed by atoms with van der Waals surface area (Å²) >= 11 is 1.22. The largest absolute Gasteiger partial charge is 0.454 e. The molecule has 0 bridgehead atoms. The van der Waals surface area contributed by atoms with Crippen molar-refractivity contribution in [1.29, 1.82) is 0 Å². The van der Waals surface area contributed by atoms with Gasteiger partial charge in [0.1, 0.15) is 0 Å². The fourth-order valence-electron chi connectivity index (χ4n) is 3.73. The third kappa shape index (κ3) is 5.25. The molecule has 0 saturated carbocycles. The molecule has 0 atom stereocenters. The summed E-state index contributed by atoms with van der Waals surface area (Å²) in [7, 11) is 0. The van der Waals surface area contributed by atoms with E-state index in [1.54, 1.807) is 17.0 Å². The molecule has 2 heterocycles. The molecule has 35 heavy (non-hydrogen) atoms. The molecule has 1 amide bonds. The number of ether oxygens (including phenoxy) is 2. The summed E-state index contributed by atoms with van der Waals surface area (Å²) in [5.41, 5.74) is 3.52. The molecule has 1 aliphatic rings. The van der Waals surface area contributed by atoms with E-state index in [9.17, 15) is 4.79 Å². The number of anilines is 3. The van der Waals surface area contributed by atoms with Gasteiger partial charge in [-0.05, 0) is 68.4 Å². The number of nitrogens with zero attached hydrogens (tertiary/aromatic N) is 3. The molecule has 0 radical (unpaired) electrons. The van der Waals surface area contributed by atoms with Gasteiger partial charge in [0, 0.05) is 28.7 Å². The first-order valence-electron chi connectivity index (χ1n) is 11.2. The highest BCUT2D eigenvalue weighted by atomic mass is 32.2. The van der Waals surface area contributed by atoms with E-state index in [-0.39, 0.29) is 24.5 Å². The normalized spacial score (nSPS) is 12.1. The maximum absolute atomic E-state index is 13.1. The van der Waals surface area contributed by atoms with Crippen LogP contribution in [0.4, 0.5) is 17.1 Å².